The van der Waals surface area contributed by atoms with Gasteiger partial charge in [0.1, 0.15) is 11.4 Å². The van der Waals surface area contributed by atoms with E-state index in [4.69, 9.17) is 5.73 Å². The fourth-order valence-electron chi connectivity index (χ4n) is 5.33. The standard InChI is InChI=1S/C26H28F4N2O3/c1-24(2,35)17-6-3-5-16(13-17)22(33)32-12-4-11-25(32,23(31)34)21(15-7-8-15)19-10-9-18(14-20(19)27)26(28,29)30/h3,5-6,9-10,13-15,21,35H,4,7-8,11-12H2,1-2H3,(H2,31,34)/t21-,25+/m1/s1. The molecule has 1 saturated heterocycles. The third kappa shape index (κ3) is 4.53. The molecule has 35 heavy (non-hydrogen) atoms. The van der Waals surface area contributed by atoms with E-state index in [0.29, 0.717) is 30.9 Å². The van der Waals surface area contributed by atoms with Crippen LogP contribution in [0.1, 0.15) is 72.5 Å². The topological polar surface area (TPSA) is 83.6 Å². The zero-order chi connectivity index (χ0) is 25.8. The van der Waals surface area contributed by atoms with Crippen LogP contribution in [-0.4, -0.2) is 33.9 Å². The first-order chi connectivity index (χ1) is 16.3. The van der Waals surface area contributed by atoms with Crippen LogP contribution in [0.3, 0.4) is 0 Å². The molecule has 0 radical (unpaired) electrons. The summed E-state index contributed by atoms with van der Waals surface area (Å²) in [5.74, 6) is -3.43. The van der Waals surface area contributed by atoms with Crippen LogP contribution in [-0.2, 0) is 16.6 Å². The SMILES string of the molecule is CC(C)(O)c1cccc(C(=O)N2CCC[C@@]2(C(N)=O)[C@@H](c2ccc(C(F)(F)F)cc2F)C2CC2)c1. The molecule has 0 unspecified atom stereocenters. The molecule has 2 amide bonds. The van der Waals surface area contributed by atoms with Crippen molar-refractivity contribution in [2.24, 2.45) is 11.7 Å². The molecule has 188 valence electrons. The van der Waals surface area contributed by atoms with Gasteiger partial charge in [-0.15, -0.1) is 0 Å². The third-order valence-electron chi connectivity index (χ3n) is 7.18. The van der Waals surface area contributed by atoms with Gasteiger partial charge in [-0.2, -0.15) is 13.2 Å². The van der Waals surface area contributed by atoms with E-state index >= 15 is 4.39 Å². The lowest BCUT2D eigenvalue weighted by Gasteiger charge is -2.43. The Morgan fingerprint density at radius 1 is 1.11 bits per heavy atom. The minimum atomic E-state index is -4.71. The van der Waals surface area contributed by atoms with Gasteiger partial charge < -0.3 is 15.7 Å². The summed E-state index contributed by atoms with van der Waals surface area (Å²) < 4.78 is 54.6. The number of carbonyl (C=O) groups is 2. The van der Waals surface area contributed by atoms with Crippen molar-refractivity contribution in [1.82, 2.24) is 4.90 Å². The van der Waals surface area contributed by atoms with Crippen LogP contribution < -0.4 is 5.73 Å². The second kappa shape index (κ2) is 8.62. The molecule has 5 nitrogen and oxygen atoms in total. The average Bonchev–Trinajstić information content (AvgIpc) is 3.50. The van der Waals surface area contributed by atoms with E-state index in [1.54, 1.807) is 32.0 Å². The van der Waals surface area contributed by atoms with Crippen molar-refractivity contribution in [2.75, 3.05) is 6.54 Å². The maximum absolute atomic E-state index is 15.2. The molecule has 2 atom stereocenters. The fourth-order valence-corrected chi connectivity index (χ4v) is 5.33. The van der Waals surface area contributed by atoms with Gasteiger partial charge in [-0.25, -0.2) is 4.39 Å². The molecule has 0 spiro atoms. The lowest BCUT2D eigenvalue weighted by Crippen LogP contribution is -2.60. The Labute approximate surface area is 200 Å². The van der Waals surface area contributed by atoms with Crippen LogP contribution in [0.4, 0.5) is 17.6 Å². The number of halogens is 4. The molecule has 1 saturated carbocycles. The largest absolute Gasteiger partial charge is 0.416 e. The molecule has 2 aromatic carbocycles. The summed E-state index contributed by atoms with van der Waals surface area (Å²) in [5.41, 5.74) is 2.71. The first kappa shape index (κ1) is 25.2. The van der Waals surface area contributed by atoms with Gasteiger partial charge in [0.15, 0.2) is 0 Å². The summed E-state index contributed by atoms with van der Waals surface area (Å²) in [6.45, 7) is 3.35. The maximum atomic E-state index is 15.2. The Hall–Kier alpha value is -2.94. The molecule has 0 aromatic heterocycles. The summed E-state index contributed by atoms with van der Waals surface area (Å²) >= 11 is 0. The van der Waals surface area contributed by atoms with Gasteiger partial charge in [0, 0.05) is 18.0 Å². The van der Waals surface area contributed by atoms with E-state index in [1.165, 1.54) is 11.0 Å². The zero-order valence-corrected chi connectivity index (χ0v) is 19.5. The van der Waals surface area contributed by atoms with Crippen molar-refractivity contribution in [3.05, 3.63) is 70.5 Å². The van der Waals surface area contributed by atoms with E-state index in [2.05, 4.69) is 0 Å². The van der Waals surface area contributed by atoms with E-state index in [9.17, 15) is 27.9 Å². The van der Waals surface area contributed by atoms with Gasteiger partial charge in [-0.1, -0.05) is 18.2 Å². The lowest BCUT2D eigenvalue weighted by atomic mass is 9.73. The van der Waals surface area contributed by atoms with E-state index in [-0.39, 0.29) is 30.0 Å². The Morgan fingerprint density at radius 3 is 2.34 bits per heavy atom. The molecule has 0 bridgehead atoms. The zero-order valence-electron chi connectivity index (χ0n) is 19.5. The number of hydrogen-bond acceptors (Lipinski definition) is 3. The van der Waals surface area contributed by atoms with Gasteiger partial charge in [0.05, 0.1) is 11.2 Å². The van der Waals surface area contributed by atoms with Crippen LogP contribution in [0.2, 0.25) is 0 Å². The number of rotatable bonds is 6. The molecule has 4 rings (SSSR count). The van der Waals surface area contributed by atoms with Crippen molar-refractivity contribution < 1.29 is 32.3 Å². The first-order valence-electron chi connectivity index (χ1n) is 11.6. The van der Waals surface area contributed by atoms with Gasteiger partial charge in [-0.3, -0.25) is 9.59 Å². The Bertz CT molecular complexity index is 1150. The second-order valence-electron chi connectivity index (χ2n) is 10.0. The summed E-state index contributed by atoms with van der Waals surface area (Å²) in [6, 6.07) is 8.71. The number of aliphatic hydroxyl groups is 1. The number of nitrogens with two attached hydrogens (primary N) is 1. The average molecular weight is 493 g/mol. The summed E-state index contributed by atoms with van der Waals surface area (Å²) in [4.78, 5) is 28.1. The highest BCUT2D eigenvalue weighted by molar-refractivity contribution is 6.00. The maximum Gasteiger partial charge on any atom is 0.416 e. The smallest absolute Gasteiger partial charge is 0.386 e. The van der Waals surface area contributed by atoms with Crippen LogP contribution in [0.5, 0.6) is 0 Å². The molecule has 9 heteroatoms. The quantitative estimate of drug-likeness (QED) is 0.572. The van der Waals surface area contributed by atoms with Gasteiger partial charge in [0.2, 0.25) is 5.91 Å². The molecule has 2 aromatic rings. The second-order valence-corrected chi connectivity index (χ2v) is 10.0. The number of alkyl halides is 3. The Balaban J connectivity index is 1.80. The molecular weight excluding hydrogens is 464 g/mol. The molecule has 1 heterocycles. The summed E-state index contributed by atoms with van der Waals surface area (Å²) in [7, 11) is 0. The van der Waals surface area contributed by atoms with Crippen molar-refractivity contribution in [2.45, 2.75) is 62.8 Å². The molecule has 2 aliphatic rings. The monoisotopic (exact) mass is 492 g/mol. The minimum absolute atomic E-state index is 0.0377. The Morgan fingerprint density at radius 2 is 1.80 bits per heavy atom. The molecule has 1 aliphatic carbocycles. The number of hydrogen-bond donors (Lipinski definition) is 2. The predicted octanol–water partition coefficient (Wildman–Crippen LogP) is 4.73. The number of benzene rings is 2. The number of primary amides is 1. The third-order valence-corrected chi connectivity index (χ3v) is 7.18. The van der Waals surface area contributed by atoms with Gasteiger partial charge in [-0.05, 0) is 80.8 Å². The number of likely N-dealkylation sites (tertiary alicyclic amines) is 1. The fraction of sp³-hybridized carbons (Fsp3) is 0.462. The molecule has 1 aliphatic heterocycles. The van der Waals surface area contributed by atoms with Crippen LogP contribution in [0, 0.1) is 11.7 Å². The van der Waals surface area contributed by atoms with Crippen LogP contribution in [0.25, 0.3) is 0 Å². The predicted molar refractivity (Wildman–Crippen MR) is 121 cm³/mol. The van der Waals surface area contributed by atoms with E-state index in [0.717, 1.165) is 12.1 Å². The van der Waals surface area contributed by atoms with Gasteiger partial charge >= 0.3 is 6.18 Å². The number of nitrogens with zero attached hydrogens (tertiary/aromatic N) is 1. The van der Waals surface area contributed by atoms with Crippen LogP contribution in [0.15, 0.2) is 42.5 Å². The highest BCUT2D eigenvalue weighted by Gasteiger charge is 2.59. The minimum Gasteiger partial charge on any atom is -0.386 e. The summed E-state index contributed by atoms with van der Waals surface area (Å²) in [6.07, 6.45) is -2.80. The highest BCUT2D eigenvalue weighted by atomic mass is 19.4. The number of carbonyl (C=O) groups excluding carboxylic acids is 2. The van der Waals surface area contributed by atoms with Crippen LogP contribution >= 0.6 is 0 Å². The molecule has 3 N–H and O–H groups in total. The van der Waals surface area contributed by atoms with Crippen molar-refractivity contribution in [3.8, 4) is 0 Å². The van der Waals surface area contributed by atoms with Gasteiger partial charge in [0.25, 0.3) is 5.91 Å². The van der Waals surface area contributed by atoms with Crippen molar-refractivity contribution >= 4 is 11.8 Å². The molecule has 2 fully saturated rings. The normalized spacial score (nSPS) is 21.7. The highest BCUT2D eigenvalue weighted by Crippen LogP contribution is 2.54. The first-order valence-corrected chi connectivity index (χ1v) is 11.6. The summed E-state index contributed by atoms with van der Waals surface area (Å²) in [5, 5.41) is 10.4. The molecular formula is C26H28F4N2O3. The van der Waals surface area contributed by atoms with E-state index in [1.807, 2.05) is 0 Å². The van der Waals surface area contributed by atoms with Crippen molar-refractivity contribution in [3.63, 3.8) is 0 Å². The van der Waals surface area contributed by atoms with E-state index < -0.39 is 46.4 Å². The number of amides is 2. The van der Waals surface area contributed by atoms with Crippen molar-refractivity contribution in [1.29, 1.82) is 0 Å². The Kier molecular flexibility index (Phi) is 6.20. The lowest BCUT2D eigenvalue weighted by molar-refractivity contribution is -0.138.